The number of aromatic nitrogens is 2. The van der Waals surface area contributed by atoms with Crippen molar-refractivity contribution in [3.8, 4) is 17.0 Å². The number of nitrogens with one attached hydrogen (secondary N) is 2. The zero-order valence-electron chi connectivity index (χ0n) is 16.2. The van der Waals surface area contributed by atoms with Crippen LogP contribution < -0.4 is 15.4 Å². The van der Waals surface area contributed by atoms with Gasteiger partial charge in [-0.1, -0.05) is 55.7 Å². The number of benzene rings is 2. The van der Waals surface area contributed by atoms with Crippen molar-refractivity contribution in [1.29, 1.82) is 0 Å². The Labute approximate surface area is 166 Å². The Morgan fingerprint density at radius 3 is 2.50 bits per heavy atom. The van der Waals surface area contributed by atoms with Gasteiger partial charge >= 0.3 is 0 Å². The van der Waals surface area contributed by atoms with Gasteiger partial charge in [-0.05, 0) is 25.0 Å². The maximum absolute atomic E-state index is 5.32. The van der Waals surface area contributed by atoms with Crippen LogP contribution in [-0.4, -0.2) is 23.1 Å². The van der Waals surface area contributed by atoms with Gasteiger partial charge in [0.15, 0.2) is 0 Å². The summed E-state index contributed by atoms with van der Waals surface area (Å²) in [6.45, 7) is 0. The molecule has 0 spiro atoms. The lowest BCUT2D eigenvalue weighted by Gasteiger charge is -2.23. The Bertz CT molecular complexity index is 907. The lowest BCUT2D eigenvalue weighted by atomic mass is 9.96. The van der Waals surface area contributed by atoms with Crippen molar-refractivity contribution in [2.75, 3.05) is 17.7 Å². The first-order chi connectivity index (χ1) is 13.8. The Hall–Kier alpha value is -3.08. The van der Waals surface area contributed by atoms with Crippen LogP contribution in [0, 0.1) is 0 Å². The topological polar surface area (TPSA) is 59.1 Å². The van der Waals surface area contributed by atoms with E-state index in [0.29, 0.717) is 12.0 Å². The van der Waals surface area contributed by atoms with E-state index in [4.69, 9.17) is 14.7 Å². The molecular weight excluding hydrogens is 348 g/mol. The number of methoxy groups -OCH3 is 1. The summed E-state index contributed by atoms with van der Waals surface area (Å²) < 4.78 is 5.32. The first kappa shape index (κ1) is 18.3. The molecule has 1 aromatic heterocycles. The molecule has 0 atom stereocenters. The van der Waals surface area contributed by atoms with E-state index < -0.39 is 0 Å². The SMILES string of the molecule is COc1cccc(Nc2cc(-c3ccccc3)nc(NC3CCCCC3)n2)c1. The summed E-state index contributed by atoms with van der Waals surface area (Å²) in [7, 11) is 1.67. The van der Waals surface area contributed by atoms with Gasteiger partial charge in [-0.25, -0.2) is 4.98 Å². The van der Waals surface area contributed by atoms with E-state index in [0.717, 1.165) is 28.5 Å². The zero-order valence-corrected chi connectivity index (χ0v) is 16.2. The molecule has 1 fully saturated rings. The second-order valence-corrected chi connectivity index (χ2v) is 7.16. The van der Waals surface area contributed by atoms with Crippen molar-refractivity contribution in [1.82, 2.24) is 9.97 Å². The molecule has 1 aliphatic rings. The Kier molecular flexibility index (Phi) is 5.71. The Balaban J connectivity index is 1.64. The summed E-state index contributed by atoms with van der Waals surface area (Å²) in [4.78, 5) is 9.52. The van der Waals surface area contributed by atoms with E-state index in [1.54, 1.807) is 7.11 Å². The average Bonchev–Trinajstić information content (AvgIpc) is 2.75. The van der Waals surface area contributed by atoms with Gasteiger partial charge in [0.25, 0.3) is 0 Å². The predicted octanol–water partition coefficient (Wildman–Crippen LogP) is 5.64. The Morgan fingerprint density at radius 1 is 0.893 bits per heavy atom. The van der Waals surface area contributed by atoms with E-state index in [1.807, 2.05) is 48.5 Å². The smallest absolute Gasteiger partial charge is 0.225 e. The summed E-state index contributed by atoms with van der Waals surface area (Å²) in [5.74, 6) is 2.25. The van der Waals surface area contributed by atoms with Crippen LogP contribution in [0.5, 0.6) is 5.75 Å². The summed E-state index contributed by atoms with van der Waals surface area (Å²) in [6.07, 6.45) is 6.22. The van der Waals surface area contributed by atoms with Crippen molar-refractivity contribution in [2.24, 2.45) is 0 Å². The van der Waals surface area contributed by atoms with Gasteiger partial charge < -0.3 is 15.4 Å². The number of anilines is 3. The summed E-state index contributed by atoms with van der Waals surface area (Å²) >= 11 is 0. The number of hydrogen-bond acceptors (Lipinski definition) is 5. The molecule has 2 N–H and O–H groups in total. The molecule has 4 rings (SSSR count). The third-order valence-corrected chi connectivity index (χ3v) is 5.08. The molecule has 5 nitrogen and oxygen atoms in total. The van der Waals surface area contributed by atoms with Crippen LogP contribution in [0.4, 0.5) is 17.5 Å². The molecule has 0 amide bonds. The van der Waals surface area contributed by atoms with Crippen LogP contribution >= 0.6 is 0 Å². The maximum Gasteiger partial charge on any atom is 0.225 e. The van der Waals surface area contributed by atoms with Crippen molar-refractivity contribution < 1.29 is 4.74 Å². The van der Waals surface area contributed by atoms with Crippen molar-refractivity contribution >= 4 is 17.5 Å². The van der Waals surface area contributed by atoms with E-state index in [2.05, 4.69) is 22.8 Å². The molecule has 1 heterocycles. The first-order valence-corrected chi connectivity index (χ1v) is 9.92. The van der Waals surface area contributed by atoms with Crippen LogP contribution in [0.15, 0.2) is 60.7 Å². The fraction of sp³-hybridized carbons (Fsp3) is 0.304. The molecule has 0 aliphatic heterocycles. The lowest BCUT2D eigenvalue weighted by molar-refractivity contribution is 0.415. The highest BCUT2D eigenvalue weighted by Gasteiger charge is 2.15. The zero-order chi connectivity index (χ0) is 19.2. The predicted molar refractivity (Wildman–Crippen MR) is 114 cm³/mol. The van der Waals surface area contributed by atoms with Crippen LogP contribution in [0.1, 0.15) is 32.1 Å². The quantitative estimate of drug-likeness (QED) is 0.585. The minimum Gasteiger partial charge on any atom is -0.497 e. The van der Waals surface area contributed by atoms with E-state index in [-0.39, 0.29) is 0 Å². The molecule has 2 aromatic carbocycles. The molecule has 1 saturated carbocycles. The highest BCUT2D eigenvalue weighted by atomic mass is 16.5. The number of hydrogen-bond donors (Lipinski definition) is 2. The highest BCUT2D eigenvalue weighted by Crippen LogP contribution is 2.27. The molecule has 5 heteroatoms. The summed E-state index contributed by atoms with van der Waals surface area (Å²) in [5, 5.41) is 6.95. The normalized spacial score (nSPS) is 14.5. The van der Waals surface area contributed by atoms with Crippen LogP contribution in [0.3, 0.4) is 0 Å². The first-order valence-electron chi connectivity index (χ1n) is 9.92. The fourth-order valence-corrected chi connectivity index (χ4v) is 3.61. The van der Waals surface area contributed by atoms with Crippen LogP contribution in [-0.2, 0) is 0 Å². The van der Waals surface area contributed by atoms with E-state index in [9.17, 15) is 0 Å². The third kappa shape index (κ3) is 4.60. The highest BCUT2D eigenvalue weighted by molar-refractivity contribution is 5.67. The van der Waals surface area contributed by atoms with E-state index in [1.165, 1.54) is 32.1 Å². The largest absolute Gasteiger partial charge is 0.497 e. The molecule has 144 valence electrons. The second kappa shape index (κ2) is 8.74. The minimum absolute atomic E-state index is 0.449. The van der Waals surface area contributed by atoms with Gasteiger partial charge in [-0.3, -0.25) is 0 Å². The Morgan fingerprint density at radius 2 is 1.71 bits per heavy atom. The summed E-state index contributed by atoms with van der Waals surface area (Å²) in [6, 6.07) is 20.5. The van der Waals surface area contributed by atoms with Crippen LogP contribution in [0.25, 0.3) is 11.3 Å². The van der Waals surface area contributed by atoms with Crippen molar-refractivity contribution in [2.45, 2.75) is 38.1 Å². The van der Waals surface area contributed by atoms with Gasteiger partial charge in [-0.2, -0.15) is 4.98 Å². The molecule has 0 unspecified atom stereocenters. The maximum atomic E-state index is 5.32. The molecule has 1 aliphatic carbocycles. The van der Waals surface area contributed by atoms with E-state index >= 15 is 0 Å². The molecule has 0 saturated heterocycles. The average molecular weight is 374 g/mol. The van der Waals surface area contributed by atoms with Crippen molar-refractivity contribution in [3.05, 3.63) is 60.7 Å². The lowest BCUT2D eigenvalue weighted by Crippen LogP contribution is -2.23. The fourth-order valence-electron chi connectivity index (χ4n) is 3.61. The molecule has 0 radical (unpaired) electrons. The van der Waals surface area contributed by atoms with Gasteiger partial charge in [0, 0.05) is 29.4 Å². The molecule has 0 bridgehead atoms. The van der Waals surface area contributed by atoms with Gasteiger partial charge in [-0.15, -0.1) is 0 Å². The standard InChI is InChI=1S/C23H26N4O/c1-28-20-14-8-13-19(15-20)24-22-16-21(17-9-4-2-5-10-17)26-23(27-22)25-18-11-6-3-7-12-18/h2,4-5,8-10,13-16,18H,3,6-7,11-12H2,1H3,(H2,24,25,26,27). The second-order valence-electron chi connectivity index (χ2n) is 7.16. The van der Waals surface area contributed by atoms with Crippen molar-refractivity contribution in [3.63, 3.8) is 0 Å². The monoisotopic (exact) mass is 374 g/mol. The third-order valence-electron chi connectivity index (χ3n) is 5.08. The number of rotatable bonds is 6. The molecule has 3 aromatic rings. The van der Waals surface area contributed by atoms with Crippen LogP contribution in [0.2, 0.25) is 0 Å². The summed E-state index contributed by atoms with van der Waals surface area (Å²) in [5.41, 5.74) is 2.91. The van der Waals surface area contributed by atoms with Gasteiger partial charge in [0.1, 0.15) is 11.6 Å². The minimum atomic E-state index is 0.449. The van der Waals surface area contributed by atoms with Gasteiger partial charge in [0.2, 0.25) is 5.95 Å². The van der Waals surface area contributed by atoms with Gasteiger partial charge in [0.05, 0.1) is 12.8 Å². The molecule has 28 heavy (non-hydrogen) atoms. The number of nitrogens with zero attached hydrogens (tertiary/aromatic N) is 2. The molecular formula is C23H26N4O. The number of ether oxygens (including phenoxy) is 1.